The van der Waals surface area contributed by atoms with Gasteiger partial charge in [0.1, 0.15) is 5.75 Å². The summed E-state index contributed by atoms with van der Waals surface area (Å²) in [6.45, 7) is 2.90. The highest BCUT2D eigenvalue weighted by molar-refractivity contribution is 5.81. The lowest BCUT2D eigenvalue weighted by molar-refractivity contribution is -0.123. The molecule has 0 radical (unpaired) electrons. The van der Waals surface area contributed by atoms with Crippen LogP contribution in [-0.4, -0.2) is 49.6 Å². The van der Waals surface area contributed by atoms with E-state index in [9.17, 15) is 13.6 Å². The van der Waals surface area contributed by atoms with Crippen LogP contribution in [0.25, 0.3) is 0 Å². The maximum absolute atomic E-state index is 12.3. The lowest BCUT2D eigenvalue weighted by Crippen LogP contribution is -2.45. The summed E-state index contributed by atoms with van der Waals surface area (Å²) in [5.74, 6) is 0.737. The SMILES string of the molecule is CC(c1ccc(OC(F)F)cc1)N1CCCC(CNC(=O)C2CCCN2)C1. The Bertz CT molecular complexity index is 606. The number of carbonyl (C=O) groups is 1. The van der Waals surface area contributed by atoms with Crippen molar-refractivity contribution in [1.82, 2.24) is 15.5 Å². The van der Waals surface area contributed by atoms with Crippen molar-refractivity contribution < 1.29 is 18.3 Å². The van der Waals surface area contributed by atoms with Gasteiger partial charge in [0.05, 0.1) is 6.04 Å². The molecule has 2 heterocycles. The number of nitrogens with zero attached hydrogens (tertiary/aromatic N) is 1. The number of hydrogen-bond donors (Lipinski definition) is 2. The van der Waals surface area contributed by atoms with Crippen LogP contribution < -0.4 is 15.4 Å². The van der Waals surface area contributed by atoms with Crippen molar-refractivity contribution in [3.05, 3.63) is 29.8 Å². The summed E-state index contributed by atoms with van der Waals surface area (Å²) in [5, 5.41) is 6.33. The molecule has 0 bridgehead atoms. The van der Waals surface area contributed by atoms with Gasteiger partial charge in [-0.05, 0) is 69.3 Å². The predicted octanol–water partition coefficient (Wildman–Crippen LogP) is 2.93. The molecular formula is C20H29F2N3O2. The molecule has 150 valence electrons. The summed E-state index contributed by atoms with van der Waals surface area (Å²) in [4.78, 5) is 14.6. The number of benzene rings is 1. The molecular weight excluding hydrogens is 352 g/mol. The Labute approximate surface area is 159 Å². The Morgan fingerprint density at radius 2 is 2.07 bits per heavy atom. The first-order valence-electron chi connectivity index (χ1n) is 9.83. The average molecular weight is 381 g/mol. The molecule has 2 aliphatic rings. The van der Waals surface area contributed by atoms with E-state index in [2.05, 4.69) is 27.2 Å². The third-order valence-electron chi connectivity index (χ3n) is 5.63. The second-order valence-electron chi connectivity index (χ2n) is 7.52. The van der Waals surface area contributed by atoms with Gasteiger partial charge in [0.2, 0.25) is 5.91 Å². The standard InChI is InChI=1S/C20H29F2N3O2/c1-14(16-6-8-17(9-7-16)27-20(21)22)25-11-3-4-15(13-25)12-24-19(26)18-5-2-10-23-18/h6-9,14-15,18,20,23H,2-5,10-13H2,1H3,(H,24,26). The number of piperidine rings is 1. The van der Waals surface area contributed by atoms with E-state index in [1.807, 2.05) is 12.1 Å². The van der Waals surface area contributed by atoms with Gasteiger partial charge in [0.25, 0.3) is 0 Å². The number of hydrogen-bond acceptors (Lipinski definition) is 4. The second-order valence-corrected chi connectivity index (χ2v) is 7.52. The third-order valence-corrected chi connectivity index (χ3v) is 5.63. The first-order valence-corrected chi connectivity index (χ1v) is 9.83. The molecule has 2 aliphatic heterocycles. The van der Waals surface area contributed by atoms with E-state index < -0.39 is 6.61 Å². The maximum Gasteiger partial charge on any atom is 0.387 e. The molecule has 5 nitrogen and oxygen atoms in total. The number of amides is 1. The predicted molar refractivity (Wildman–Crippen MR) is 99.8 cm³/mol. The fraction of sp³-hybridized carbons (Fsp3) is 0.650. The summed E-state index contributed by atoms with van der Waals surface area (Å²) < 4.78 is 29.0. The number of carbonyl (C=O) groups excluding carboxylic acids is 1. The number of nitrogens with one attached hydrogen (secondary N) is 2. The average Bonchev–Trinajstić information content (AvgIpc) is 3.21. The molecule has 0 aliphatic carbocycles. The van der Waals surface area contributed by atoms with E-state index in [1.54, 1.807) is 12.1 Å². The van der Waals surface area contributed by atoms with Crippen LogP contribution in [0.2, 0.25) is 0 Å². The lowest BCUT2D eigenvalue weighted by Gasteiger charge is -2.37. The smallest absolute Gasteiger partial charge is 0.387 e. The molecule has 1 aromatic carbocycles. The molecule has 0 saturated carbocycles. The minimum atomic E-state index is -2.80. The molecule has 2 N–H and O–H groups in total. The molecule has 3 unspecified atom stereocenters. The number of rotatable bonds is 7. The van der Waals surface area contributed by atoms with E-state index >= 15 is 0 Å². The molecule has 1 amide bonds. The van der Waals surface area contributed by atoms with Gasteiger partial charge in [-0.1, -0.05) is 12.1 Å². The summed E-state index contributed by atoms with van der Waals surface area (Å²) in [5.41, 5.74) is 1.08. The molecule has 2 fully saturated rings. The monoisotopic (exact) mass is 381 g/mol. The van der Waals surface area contributed by atoms with E-state index in [0.29, 0.717) is 12.5 Å². The van der Waals surface area contributed by atoms with Crippen molar-refractivity contribution in [1.29, 1.82) is 0 Å². The molecule has 3 rings (SSSR count). The van der Waals surface area contributed by atoms with Crippen molar-refractivity contribution in [3.8, 4) is 5.75 Å². The van der Waals surface area contributed by atoms with Gasteiger partial charge >= 0.3 is 6.61 Å². The van der Waals surface area contributed by atoms with Crippen molar-refractivity contribution in [2.24, 2.45) is 5.92 Å². The van der Waals surface area contributed by atoms with Crippen molar-refractivity contribution in [2.45, 2.75) is 51.3 Å². The minimum absolute atomic E-state index is 0.0300. The zero-order chi connectivity index (χ0) is 19.2. The zero-order valence-corrected chi connectivity index (χ0v) is 15.8. The van der Waals surface area contributed by atoms with Gasteiger partial charge in [-0.3, -0.25) is 9.69 Å². The van der Waals surface area contributed by atoms with Crippen LogP contribution in [0.15, 0.2) is 24.3 Å². The minimum Gasteiger partial charge on any atom is -0.435 e. The van der Waals surface area contributed by atoms with Crippen LogP contribution in [-0.2, 0) is 4.79 Å². The molecule has 3 atom stereocenters. The van der Waals surface area contributed by atoms with E-state index in [-0.39, 0.29) is 23.7 Å². The summed E-state index contributed by atoms with van der Waals surface area (Å²) >= 11 is 0. The second kappa shape index (κ2) is 9.46. The third kappa shape index (κ3) is 5.62. The fourth-order valence-electron chi connectivity index (χ4n) is 4.03. The Kier molecular flexibility index (Phi) is 7.01. The highest BCUT2D eigenvalue weighted by atomic mass is 19.3. The van der Waals surface area contributed by atoms with Gasteiger partial charge in [-0.25, -0.2) is 0 Å². The topological polar surface area (TPSA) is 53.6 Å². The Morgan fingerprint density at radius 3 is 2.74 bits per heavy atom. The zero-order valence-electron chi connectivity index (χ0n) is 15.8. The van der Waals surface area contributed by atoms with Crippen LogP contribution in [0, 0.1) is 5.92 Å². The van der Waals surface area contributed by atoms with E-state index in [0.717, 1.165) is 50.9 Å². The van der Waals surface area contributed by atoms with Gasteiger partial charge in [-0.2, -0.15) is 8.78 Å². The highest BCUT2D eigenvalue weighted by Crippen LogP contribution is 2.28. The van der Waals surface area contributed by atoms with Gasteiger partial charge in [0, 0.05) is 19.1 Å². The van der Waals surface area contributed by atoms with Crippen LogP contribution >= 0.6 is 0 Å². The van der Waals surface area contributed by atoms with Crippen LogP contribution in [0.3, 0.4) is 0 Å². The molecule has 27 heavy (non-hydrogen) atoms. The highest BCUT2D eigenvalue weighted by Gasteiger charge is 2.26. The van der Waals surface area contributed by atoms with Gasteiger partial charge in [0.15, 0.2) is 0 Å². The van der Waals surface area contributed by atoms with E-state index in [4.69, 9.17) is 0 Å². The molecule has 1 aromatic rings. The summed E-state index contributed by atoms with van der Waals surface area (Å²) in [6.07, 6.45) is 4.20. The van der Waals surface area contributed by atoms with Crippen LogP contribution in [0.4, 0.5) is 8.78 Å². The van der Waals surface area contributed by atoms with Gasteiger partial charge < -0.3 is 15.4 Å². The van der Waals surface area contributed by atoms with Crippen LogP contribution in [0.1, 0.15) is 44.2 Å². The fourth-order valence-corrected chi connectivity index (χ4v) is 4.03. The molecule has 7 heteroatoms. The number of ether oxygens (including phenoxy) is 1. The molecule has 2 saturated heterocycles. The summed E-state index contributed by atoms with van der Waals surface area (Å²) in [7, 11) is 0. The van der Waals surface area contributed by atoms with Gasteiger partial charge in [-0.15, -0.1) is 0 Å². The normalized spacial score (nSPS) is 24.7. The first-order chi connectivity index (χ1) is 13.0. The first kappa shape index (κ1) is 20.0. The maximum atomic E-state index is 12.3. The molecule has 0 spiro atoms. The number of likely N-dealkylation sites (tertiary alicyclic amines) is 1. The van der Waals surface area contributed by atoms with Crippen molar-refractivity contribution in [2.75, 3.05) is 26.2 Å². The Morgan fingerprint density at radius 1 is 1.30 bits per heavy atom. The van der Waals surface area contributed by atoms with Crippen LogP contribution in [0.5, 0.6) is 5.75 Å². The molecule has 0 aromatic heterocycles. The Balaban J connectivity index is 1.49. The van der Waals surface area contributed by atoms with E-state index in [1.165, 1.54) is 0 Å². The number of halogens is 2. The lowest BCUT2D eigenvalue weighted by atomic mass is 9.95. The quantitative estimate of drug-likeness (QED) is 0.763. The van der Waals surface area contributed by atoms with Crippen molar-refractivity contribution >= 4 is 5.91 Å². The summed E-state index contributed by atoms with van der Waals surface area (Å²) in [6, 6.07) is 7.04. The number of alkyl halides is 2. The largest absolute Gasteiger partial charge is 0.435 e. The van der Waals surface area contributed by atoms with Crippen molar-refractivity contribution in [3.63, 3.8) is 0 Å². The Hall–Kier alpha value is -1.73.